The standard InChI is InChI=1S/C15H19NO12/c1-5(18)16-15(27,11(23)9(21)4-17)12(24)14(26)28-13(25)6-2-7(19)10(22)8(20)3-6/h2-3,9,11-12,17,19-24,27H,4H2,1H3,(H,16,18)/t9-,11-,12+,15+/m1/s1. The lowest BCUT2D eigenvalue weighted by atomic mass is 9.95. The van der Waals surface area contributed by atoms with Crippen LogP contribution < -0.4 is 5.32 Å². The number of aromatic hydroxyl groups is 3. The molecule has 0 bridgehead atoms. The van der Waals surface area contributed by atoms with E-state index in [0.717, 1.165) is 6.92 Å². The van der Waals surface area contributed by atoms with Crippen LogP contribution in [0.15, 0.2) is 12.1 Å². The number of aliphatic hydroxyl groups is 5. The number of phenolic OH excluding ortho intramolecular Hbond substituents is 3. The van der Waals surface area contributed by atoms with Crippen molar-refractivity contribution in [2.24, 2.45) is 0 Å². The molecule has 0 radical (unpaired) electrons. The highest BCUT2D eigenvalue weighted by molar-refractivity contribution is 5.99. The summed E-state index contributed by atoms with van der Waals surface area (Å²) >= 11 is 0. The first-order chi connectivity index (χ1) is 12.8. The van der Waals surface area contributed by atoms with E-state index in [4.69, 9.17) is 5.11 Å². The highest BCUT2D eigenvalue weighted by Gasteiger charge is 2.51. The van der Waals surface area contributed by atoms with Gasteiger partial charge in [0.1, 0.15) is 12.2 Å². The lowest BCUT2D eigenvalue weighted by Crippen LogP contribution is -2.69. The Hall–Kier alpha value is -2.97. The molecule has 0 heterocycles. The minimum atomic E-state index is -3.26. The predicted molar refractivity (Wildman–Crippen MR) is 85.7 cm³/mol. The predicted octanol–water partition coefficient (Wildman–Crippen LogP) is -3.61. The van der Waals surface area contributed by atoms with Crippen LogP contribution in [0.2, 0.25) is 0 Å². The first-order valence-electron chi connectivity index (χ1n) is 7.52. The minimum Gasteiger partial charge on any atom is -0.504 e. The zero-order valence-electron chi connectivity index (χ0n) is 14.3. The van der Waals surface area contributed by atoms with Crippen LogP contribution in [0.5, 0.6) is 17.2 Å². The van der Waals surface area contributed by atoms with Gasteiger partial charge in [0.2, 0.25) is 17.7 Å². The third-order valence-corrected chi connectivity index (χ3v) is 3.52. The lowest BCUT2D eigenvalue weighted by molar-refractivity contribution is -0.209. The van der Waals surface area contributed by atoms with Crippen molar-refractivity contribution < 1.29 is 60.0 Å². The van der Waals surface area contributed by atoms with Gasteiger partial charge in [0.25, 0.3) is 0 Å². The maximum absolute atomic E-state index is 12.0. The largest absolute Gasteiger partial charge is 0.504 e. The Labute approximate surface area is 156 Å². The van der Waals surface area contributed by atoms with Gasteiger partial charge in [-0.2, -0.15) is 0 Å². The molecule has 0 spiro atoms. The molecule has 0 aliphatic rings. The Morgan fingerprint density at radius 1 is 1.11 bits per heavy atom. The van der Waals surface area contributed by atoms with Crippen molar-refractivity contribution in [2.75, 3.05) is 6.61 Å². The molecule has 13 heteroatoms. The fraction of sp³-hybridized carbons (Fsp3) is 0.400. The van der Waals surface area contributed by atoms with Crippen molar-refractivity contribution >= 4 is 17.8 Å². The van der Waals surface area contributed by atoms with E-state index in [1.807, 2.05) is 0 Å². The number of nitrogens with one attached hydrogen (secondary N) is 1. The van der Waals surface area contributed by atoms with Crippen LogP contribution in [0.4, 0.5) is 0 Å². The maximum Gasteiger partial charge on any atom is 0.348 e. The maximum atomic E-state index is 12.0. The molecule has 0 aromatic heterocycles. The molecule has 28 heavy (non-hydrogen) atoms. The number of aliphatic hydroxyl groups excluding tert-OH is 4. The van der Waals surface area contributed by atoms with Gasteiger partial charge < -0.3 is 50.9 Å². The quantitative estimate of drug-likeness (QED) is 0.0925. The van der Waals surface area contributed by atoms with Crippen molar-refractivity contribution in [1.29, 1.82) is 0 Å². The van der Waals surface area contributed by atoms with Crippen LogP contribution in [0.25, 0.3) is 0 Å². The first-order valence-corrected chi connectivity index (χ1v) is 7.52. The molecular formula is C15H19NO12. The molecule has 156 valence electrons. The molecule has 1 aromatic rings. The van der Waals surface area contributed by atoms with E-state index in [2.05, 4.69) is 4.74 Å². The van der Waals surface area contributed by atoms with Crippen LogP contribution in [0.1, 0.15) is 17.3 Å². The lowest BCUT2D eigenvalue weighted by Gasteiger charge is -2.37. The average Bonchev–Trinajstić information content (AvgIpc) is 2.62. The Morgan fingerprint density at radius 3 is 2.04 bits per heavy atom. The van der Waals surface area contributed by atoms with Gasteiger partial charge in [0.05, 0.1) is 12.2 Å². The van der Waals surface area contributed by atoms with Crippen LogP contribution in [0, 0.1) is 0 Å². The van der Waals surface area contributed by atoms with E-state index >= 15 is 0 Å². The van der Waals surface area contributed by atoms with Crippen molar-refractivity contribution in [2.45, 2.75) is 31.0 Å². The number of rotatable bonds is 7. The summed E-state index contributed by atoms with van der Waals surface area (Å²) in [5.41, 5.74) is -3.91. The number of carbonyl (C=O) groups excluding carboxylic acids is 3. The van der Waals surface area contributed by atoms with E-state index in [9.17, 15) is 50.1 Å². The molecule has 1 aromatic carbocycles. The normalized spacial score (nSPS) is 16.4. The topological polar surface area (TPSA) is 234 Å². The Bertz CT molecular complexity index is 742. The zero-order valence-corrected chi connectivity index (χ0v) is 14.3. The second-order valence-corrected chi connectivity index (χ2v) is 5.68. The summed E-state index contributed by atoms with van der Waals surface area (Å²) in [6.07, 6.45) is -7.42. The van der Waals surface area contributed by atoms with E-state index in [1.165, 1.54) is 0 Å². The summed E-state index contributed by atoms with van der Waals surface area (Å²) < 4.78 is 4.24. The van der Waals surface area contributed by atoms with Gasteiger partial charge in [-0.3, -0.25) is 4.79 Å². The molecule has 0 saturated carbocycles. The summed E-state index contributed by atoms with van der Waals surface area (Å²) in [6, 6.07) is 1.23. The van der Waals surface area contributed by atoms with Gasteiger partial charge in [0.15, 0.2) is 17.2 Å². The summed E-state index contributed by atoms with van der Waals surface area (Å²) in [4.78, 5) is 35.1. The minimum absolute atomic E-state index is 0.613. The van der Waals surface area contributed by atoms with Crippen LogP contribution in [0.3, 0.4) is 0 Å². The van der Waals surface area contributed by atoms with Crippen molar-refractivity contribution in [3.05, 3.63) is 17.7 Å². The molecule has 4 atom stereocenters. The number of benzene rings is 1. The second-order valence-electron chi connectivity index (χ2n) is 5.68. The van der Waals surface area contributed by atoms with Crippen LogP contribution in [-0.2, 0) is 14.3 Å². The van der Waals surface area contributed by atoms with E-state index in [-0.39, 0.29) is 0 Å². The smallest absolute Gasteiger partial charge is 0.348 e. The third-order valence-electron chi connectivity index (χ3n) is 3.52. The molecule has 0 aliphatic heterocycles. The number of amides is 1. The van der Waals surface area contributed by atoms with Crippen molar-refractivity contribution in [1.82, 2.24) is 5.32 Å². The number of ether oxygens (including phenoxy) is 1. The monoisotopic (exact) mass is 405 g/mol. The molecule has 0 saturated heterocycles. The number of phenols is 3. The summed E-state index contributed by atoms with van der Waals surface area (Å²) in [5, 5.41) is 77.8. The fourth-order valence-electron chi connectivity index (χ4n) is 2.09. The van der Waals surface area contributed by atoms with E-state index < -0.39 is 71.3 Å². The average molecular weight is 405 g/mol. The van der Waals surface area contributed by atoms with Crippen LogP contribution in [-0.4, -0.2) is 89.3 Å². The van der Waals surface area contributed by atoms with Gasteiger partial charge in [-0.25, -0.2) is 9.59 Å². The molecular weight excluding hydrogens is 386 g/mol. The third kappa shape index (κ3) is 4.85. The Balaban J connectivity index is 3.10. The summed E-state index contributed by atoms with van der Waals surface area (Å²) in [5.74, 6) is -7.36. The molecule has 0 fully saturated rings. The molecule has 1 rings (SSSR count). The summed E-state index contributed by atoms with van der Waals surface area (Å²) in [6.45, 7) is -0.302. The van der Waals surface area contributed by atoms with E-state index in [0.29, 0.717) is 12.1 Å². The first kappa shape index (κ1) is 23.1. The number of esters is 2. The van der Waals surface area contributed by atoms with Gasteiger partial charge in [-0.15, -0.1) is 0 Å². The van der Waals surface area contributed by atoms with Crippen molar-refractivity contribution in [3.8, 4) is 17.2 Å². The highest BCUT2D eigenvalue weighted by atomic mass is 16.6. The molecule has 13 nitrogen and oxygen atoms in total. The van der Waals surface area contributed by atoms with Gasteiger partial charge in [-0.05, 0) is 12.1 Å². The number of hydrogen-bond acceptors (Lipinski definition) is 12. The van der Waals surface area contributed by atoms with Gasteiger partial charge >= 0.3 is 11.9 Å². The SMILES string of the molecule is CC(=O)N[C@](O)([C@H](O)[C@H](O)CO)[C@@H](O)C(=O)OC(=O)c1cc(O)c(O)c(O)c1. The highest BCUT2D eigenvalue weighted by Crippen LogP contribution is 2.35. The van der Waals surface area contributed by atoms with Crippen molar-refractivity contribution in [3.63, 3.8) is 0 Å². The van der Waals surface area contributed by atoms with E-state index in [1.54, 1.807) is 5.32 Å². The van der Waals surface area contributed by atoms with Gasteiger partial charge in [0, 0.05) is 6.92 Å². The van der Waals surface area contributed by atoms with Gasteiger partial charge in [-0.1, -0.05) is 0 Å². The number of hydrogen-bond donors (Lipinski definition) is 9. The molecule has 1 amide bonds. The Morgan fingerprint density at radius 2 is 1.61 bits per heavy atom. The molecule has 9 N–H and O–H groups in total. The number of carbonyl (C=O) groups is 3. The Kier molecular flexibility index (Phi) is 7.26. The molecule has 0 aliphatic carbocycles. The molecule has 0 unspecified atom stereocenters. The zero-order chi connectivity index (χ0) is 21.8. The second kappa shape index (κ2) is 8.81. The van der Waals surface area contributed by atoms with Crippen LogP contribution >= 0.6 is 0 Å². The fourth-order valence-corrected chi connectivity index (χ4v) is 2.09. The summed E-state index contributed by atoms with van der Waals surface area (Å²) in [7, 11) is 0.